The molecule has 1 unspecified atom stereocenters. The molecule has 160 valence electrons. The minimum Gasteiger partial charge on any atom is -0.337 e. The summed E-state index contributed by atoms with van der Waals surface area (Å²) in [6, 6.07) is 14.0. The molecule has 0 saturated carbocycles. The van der Waals surface area contributed by atoms with Gasteiger partial charge in [-0.25, -0.2) is 4.39 Å². The molecule has 0 bridgehead atoms. The maximum absolute atomic E-state index is 13.0. The summed E-state index contributed by atoms with van der Waals surface area (Å²) in [5.74, 6) is 0.824. The number of aryl methyl sites for hydroxylation is 1. The van der Waals surface area contributed by atoms with Crippen molar-refractivity contribution in [1.29, 1.82) is 0 Å². The van der Waals surface area contributed by atoms with E-state index < -0.39 is 0 Å². The highest BCUT2D eigenvalue weighted by Crippen LogP contribution is 2.24. The van der Waals surface area contributed by atoms with Crippen LogP contribution in [0.4, 0.5) is 4.39 Å². The van der Waals surface area contributed by atoms with Crippen LogP contribution in [0.1, 0.15) is 30.0 Å². The Labute approximate surface area is 181 Å². The Hall–Kier alpha value is -3.32. The first kappa shape index (κ1) is 20.9. The zero-order chi connectivity index (χ0) is 21.8. The summed E-state index contributed by atoms with van der Waals surface area (Å²) in [5, 5.41) is 4.12. The minimum atomic E-state index is -0.291. The van der Waals surface area contributed by atoms with Gasteiger partial charge in [-0.2, -0.15) is 4.98 Å². The lowest BCUT2D eigenvalue weighted by Gasteiger charge is -2.36. The largest absolute Gasteiger partial charge is 0.337 e. The van der Waals surface area contributed by atoms with Crippen molar-refractivity contribution in [3.63, 3.8) is 0 Å². The fraction of sp³-hybridized carbons (Fsp3) is 0.292. The molecular formula is C24H25FN4O2. The molecule has 2 aromatic carbocycles. The maximum Gasteiger partial charge on any atom is 0.246 e. The number of rotatable bonds is 5. The number of carbonyl (C=O) groups is 1. The van der Waals surface area contributed by atoms with E-state index in [0.717, 1.165) is 24.2 Å². The second-order valence-electron chi connectivity index (χ2n) is 7.74. The average Bonchev–Trinajstić information content (AvgIpc) is 3.29. The fourth-order valence-corrected chi connectivity index (χ4v) is 3.56. The van der Waals surface area contributed by atoms with E-state index >= 15 is 0 Å². The van der Waals surface area contributed by atoms with E-state index in [0.29, 0.717) is 24.8 Å². The summed E-state index contributed by atoms with van der Waals surface area (Å²) < 4.78 is 18.5. The Morgan fingerprint density at radius 3 is 2.42 bits per heavy atom. The Balaban J connectivity index is 1.32. The van der Waals surface area contributed by atoms with Gasteiger partial charge in [0.05, 0.1) is 6.04 Å². The number of hydrogen-bond acceptors (Lipinski definition) is 5. The Kier molecular flexibility index (Phi) is 6.23. The van der Waals surface area contributed by atoms with Crippen LogP contribution in [-0.4, -0.2) is 52.0 Å². The quantitative estimate of drug-likeness (QED) is 0.582. The number of halogens is 1. The molecule has 2 heterocycles. The number of carbonyl (C=O) groups excluding carboxylic acids is 1. The lowest BCUT2D eigenvalue weighted by molar-refractivity contribution is -0.128. The van der Waals surface area contributed by atoms with Gasteiger partial charge in [-0.15, -0.1) is 0 Å². The molecule has 0 aliphatic carbocycles. The SMILES string of the molecule is Cc1ccc(-c2noc(C(C)N3CCN(C(=O)/C=C/c4ccc(F)cc4)CC3)n2)cc1. The molecule has 31 heavy (non-hydrogen) atoms. The molecule has 4 rings (SSSR count). The number of hydrogen-bond donors (Lipinski definition) is 0. The van der Waals surface area contributed by atoms with Crippen molar-refractivity contribution in [2.75, 3.05) is 26.2 Å². The van der Waals surface area contributed by atoms with E-state index in [2.05, 4.69) is 15.0 Å². The van der Waals surface area contributed by atoms with Crippen LogP contribution in [0.15, 0.2) is 59.1 Å². The summed E-state index contributed by atoms with van der Waals surface area (Å²) in [6.07, 6.45) is 3.25. The van der Waals surface area contributed by atoms with Gasteiger partial charge in [0.1, 0.15) is 5.82 Å². The van der Waals surface area contributed by atoms with Crippen molar-refractivity contribution in [1.82, 2.24) is 19.9 Å². The number of amides is 1. The molecule has 1 atom stereocenters. The minimum absolute atomic E-state index is 0.0290. The van der Waals surface area contributed by atoms with Crippen molar-refractivity contribution >= 4 is 12.0 Å². The van der Waals surface area contributed by atoms with E-state index in [4.69, 9.17) is 4.52 Å². The molecule has 1 amide bonds. The standard InChI is InChI=1S/C24H25FN4O2/c1-17-3-8-20(9-4-17)23-26-24(31-27-23)18(2)28-13-15-29(16-14-28)22(30)12-7-19-5-10-21(25)11-6-19/h3-12,18H,13-16H2,1-2H3/b12-7+. The molecule has 0 radical (unpaired) electrons. The lowest BCUT2D eigenvalue weighted by atomic mass is 10.1. The number of aromatic nitrogens is 2. The maximum atomic E-state index is 13.0. The Morgan fingerprint density at radius 1 is 1.06 bits per heavy atom. The van der Waals surface area contributed by atoms with Crippen LogP contribution in [0, 0.1) is 12.7 Å². The van der Waals surface area contributed by atoms with Gasteiger partial charge in [0.25, 0.3) is 0 Å². The Bertz CT molecular complexity index is 1050. The van der Waals surface area contributed by atoms with Crippen molar-refractivity contribution in [2.24, 2.45) is 0 Å². The van der Waals surface area contributed by atoms with E-state index in [-0.39, 0.29) is 17.8 Å². The topological polar surface area (TPSA) is 62.5 Å². The van der Waals surface area contributed by atoms with Crippen molar-refractivity contribution < 1.29 is 13.7 Å². The monoisotopic (exact) mass is 420 g/mol. The molecule has 1 saturated heterocycles. The molecule has 6 nitrogen and oxygen atoms in total. The number of piperazine rings is 1. The molecular weight excluding hydrogens is 395 g/mol. The molecule has 1 fully saturated rings. The summed E-state index contributed by atoms with van der Waals surface area (Å²) in [5.41, 5.74) is 2.90. The first-order valence-corrected chi connectivity index (χ1v) is 10.4. The van der Waals surface area contributed by atoms with Crippen LogP contribution < -0.4 is 0 Å². The van der Waals surface area contributed by atoms with E-state index in [1.54, 1.807) is 18.2 Å². The first-order valence-electron chi connectivity index (χ1n) is 10.4. The average molecular weight is 420 g/mol. The second kappa shape index (κ2) is 9.22. The third-order valence-electron chi connectivity index (χ3n) is 5.57. The zero-order valence-electron chi connectivity index (χ0n) is 17.7. The predicted molar refractivity (Wildman–Crippen MR) is 116 cm³/mol. The van der Waals surface area contributed by atoms with Crippen LogP contribution in [0.25, 0.3) is 17.5 Å². The predicted octanol–water partition coefficient (Wildman–Crippen LogP) is 4.10. The molecule has 0 N–H and O–H groups in total. The third kappa shape index (κ3) is 5.06. The molecule has 1 aliphatic heterocycles. The van der Waals surface area contributed by atoms with Crippen LogP contribution in [-0.2, 0) is 4.79 Å². The van der Waals surface area contributed by atoms with E-state index in [1.807, 2.05) is 43.0 Å². The van der Waals surface area contributed by atoms with Crippen LogP contribution >= 0.6 is 0 Å². The molecule has 1 aromatic heterocycles. The van der Waals surface area contributed by atoms with Crippen LogP contribution in [0.3, 0.4) is 0 Å². The lowest BCUT2D eigenvalue weighted by Crippen LogP contribution is -2.48. The Morgan fingerprint density at radius 2 is 1.74 bits per heavy atom. The highest BCUT2D eigenvalue weighted by atomic mass is 19.1. The third-order valence-corrected chi connectivity index (χ3v) is 5.57. The molecule has 3 aromatic rings. The fourth-order valence-electron chi connectivity index (χ4n) is 3.56. The van der Waals surface area contributed by atoms with Gasteiger partial charge in [0.15, 0.2) is 0 Å². The van der Waals surface area contributed by atoms with Crippen LogP contribution in [0.5, 0.6) is 0 Å². The normalized spacial score (nSPS) is 16.0. The van der Waals surface area contributed by atoms with E-state index in [9.17, 15) is 9.18 Å². The van der Waals surface area contributed by atoms with Crippen molar-refractivity contribution in [3.8, 4) is 11.4 Å². The van der Waals surface area contributed by atoms with Gasteiger partial charge >= 0.3 is 0 Å². The first-order chi connectivity index (χ1) is 15.0. The summed E-state index contributed by atoms with van der Waals surface area (Å²) in [6.45, 7) is 6.76. The molecule has 0 spiro atoms. The highest BCUT2D eigenvalue weighted by Gasteiger charge is 2.27. The van der Waals surface area contributed by atoms with Crippen LogP contribution in [0.2, 0.25) is 0 Å². The van der Waals surface area contributed by atoms with Gasteiger partial charge in [-0.05, 0) is 37.6 Å². The van der Waals surface area contributed by atoms with Gasteiger partial charge in [-0.3, -0.25) is 9.69 Å². The molecule has 1 aliphatic rings. The molecule has 7 heteroatoms. The van der Waals surface area contributed by atoms with Gasteiger partial charge < -0.3 is 9.42 Å². The van der Waals surface area contributed by atoms with Crippen molar-refractivity contribution in [2.45, 2.75) is 19.9 Å². The second-order valence-corrected chi connectivity index (χ2v) is 7.74. The summed E-state index contributed by atoms with van der Waals surface area (Å²) in [4.78, 5) is 21.1. The summed E-state index contributed by atoms with van der Waals surface area (Å²) >= 11 is 0. The van der Waals surface area contributed by atoms with Gasteiger partial charge in [0.2, 0.25) is 17.6 Å². The van der Waals surface area contributed by atoms with Gasteiger partial charge in [0, 0.05) is 37.8 Å². The smallest absolute Gasteiger partial charge is 0.246 e. The van der Waals surface area contributed by atoms with E-state index in [1.165, 1.54) is 23.8 Å². The zero-order valence-corrected chi connectivity index (χ0v) is 17.7. The van der Waals surface area contributed by atoms with Crippen molar-refractivity contribution in [3.05, 3.63) is 77.4 Å². The number of nitrogens with zero attached hydrogens (tertiary/aromatic N) is 4. The van der Waals surface area contributed by atoms with Gasteiger partial charge in [-0.1, -0.05) is 47.1 Å². The number of benzene rings is 2. The summed E-state index contributed by atoms with van der Waals surface area (Å²) in [7, 11) is 0. The highest BCUT2D eigenvalue weighted by molar-refractivity contribution is 5.91.